The van der Waals surface area contributed by atoms with Gasteiger partial charge in [-0.05, 0) is 23.8 Å². The smallest absolute Gasteiger partial charge is 0.335 e. The second-order valence-electron chi connectivity index (χ2n) is 4.40. The van der Waals surface area contributed by atoms with Crippen LogP contribution in [-0.4, -0.2) is 17.1 Å². The minimum absolute atomic E-state index is 0.0720. The molecule has 2 amide bonds. The topological polar surface area (TPSA) is 104 Å². The molecular weight excluding hydrogens is 270 g/mol. The lowest BCUT2D eigenvalue weighted by Crippen LogP contribution is -2.28. The van der Waals surface area contributed by atoms with E-state index in [4.69, 9.17) is 10.8 Å². The van der Waals surface area contributed by atoms with Crippen LogP contribution in [0.3, 0.4) is 0 Å². The van der Waals surface area contributed by atoms with E-state index < -0.39 is 12.0 Å². The largest absolute Gasteiger partial charge is 0.478 e. The number of carbonyl (C=O) groups excluding carboxylic acids is 1. The van der Waals surface area contributed by atoms with Crippen molar-refractivity contribution in [3.63, 3.8) is 0 Å². The molecule has 2 rings (SSSR count). The van der Waals surface area contributed by atoms with Crippen LogP contribution in [0.1, 0.15) is 15.9 Å². The van der Waals surface area contributed by atoms with E-state index in [2.05, 4.69) is 10.6 Å². The van der Waals surface area contributed by atoms with E-state index in [1.807, 2.05) is 30.3 Å². The number of nitrogens with one attached hydrogen (secondary N) is 2. The molecule has 0 aliphatic rings. The standard InChI is InChI=1S/C15H15N3O3/c16-12-8-11(14(19)20)6-7-13(12)18-15(21)17-9-10-4-2-1-3-5-10/h1-8H,9,16H2,(H,19,20)(H2,17,18,21). The third-order valence-corrected chi connectivity index (χ3v) is 2.84. The Morgan fingerprint density at radius 1 is 1.10 bits per heavy atom. The van der Waals surface area contributed by atoms with Crippen molar-refractivity contribution in [3.8, 4) is 0 Å². The van der Waals surface area contributed by atoms with E-state index in [0.717, 1.165) is 5.56 Å². The molecule has 5 N–H and O–H groups in total. The first-order chi connectivity index (χ1) is 10.1. The summed E-state index contributed by atoms with van der Waals surface area (Å²) < 4.78 is 0. The van der Waals surface area contributed by atoms with Gasteiger partial charge in [-0.1, -0.05) is 30.3 Å². The summed E-state index contributed by atoms with van der Waals surface area (Å²) in [4.78, 5) is 22.6. The van der Waals surface area contributed by atoms with Gasteiger partial charge in [0, 0.05) is 6.54 Å². The lowest BCUT2D eigenvalue weighted by atomic mass is 10.2. The summed E-state index contributed by atoms with van der Waals surface area (Å²) in [5, 5.41) is 14.1. The molecule has 108 valence electrons. The number of urea groups is 1. The lowest BCUT2D eigenvalue weighted by molar-refractivity contribution is 0.0697. The first-order valence-electron chi connectivity index (χ1n) is 6.28. The third kappa shape index (κ3) is 3.97. The average molecular weight is 285 g/mol. The monoisotopic (exact) mass is 285 g/mol. The Balaban J connectivity index is 1.95. The van der Waals surface area contributed by atoms with Gasteiger partial charge in [0.05, 0.1) is 16.9 Å². The van der Waals surface area contributed by atoms with E-state index in [1.54, 1.807) is 0 Å². The van der Waals surface area contributed by atoms with Crippen molar-refractivity contribution in [2.75, 3.05) is 11.1 Å². The maximum absolute atomic E-state index is 11.8. The van der Waals surface area contributed by atoms with Crippen molar-refractivity contribution in [2.24, 2.45) is 0 Å². The van der Waals surface area contributed by atoms with Crippen LogP contribution in [0.4, 0.5) is 16.2 Å². The maximum Gasteiger partial charge on any atom is 0.335 e. The number of carboxylic acids is 1. The quantitative estimate of drug-likeness (QED) is 0.647. The number of amides is 2. The van der Waals surface area contributed by atoms with Crippen molar-refractivity contribution < 1.29 is 14.7 Å². The molecule has 21 heavy (non-hydrogen) atoms. The Morgan fingerprint density at radius 2 is 1.81 bits per heavy atom. The van der Waals surface area contributed by atoms with Gasteiger partial charge in [-0.2, -0.15) is 0 Å². The van der Waals surface area contributed by atoms with Gasteiger partial charge in [0.25, 0.3) is 0 Å². The molecule has 2 aromatic carbocycles. The molecule has 0 aromatic heterocycles. The number of carboxylic acid groups (broad SMARTS) is 1. The Kier molecular flexibility index (Phi) is 4.40. The van der Waals surface area contributed by atoms with Gasteiger partial charge in [0.1, 0.15) is 0 Å². The number of aromatic carboxylic acids is 1. The molecule has 2 aromatic rings. The zero-order valence-corrected chi connectivity index (χ0v) is 11.2. The molecule has 6 nitrogen and oxygen atoms in total. The Morgan fingerprint density at radius 3 is 2.43 bits per heavy atom. The number of anilines is 2. The summed E-state index contributed by atoms with van der Waals surface area (Å²) in [6.45, 7) is 0.389. The summed E-state index contributed by atoms with van der Waals surface area (Å²) in [6.07, 6.45) is 0. The molecule has 0 heterocycles. The van der Waals surface area contributed by atoms with Crippen LogP contribution in [0.2, 0.25) is 0 Å². The second-order valence-corrected chi connectivity index (χ2v) is 4.40. The van der Waals surface area contributed by atoms with Crippen LogP contribution in [0.25, 0.3) is 0 Å². The summed E-state index contributed by atoms with van der Waals surface area (Å²) in [5.74, 6) is -1.07. The molecule has 6 heteroatoms. The lowest BCUT2D eigenvalue weighted by Gasteiger charge is -2.10. The first kappa shape index (κ1) is 14.4. The fraction of sp³-hybridized carbons (Fsp3) is 0.0667. The van der Waals surface area contributed by atoms with Gasteiger partial charge < -0.3 is 21.5 Å². The molecule has 0 atom stereocenters. The molecule has 0 saturated heterocycles. The molecular formula is C15H15N3O3. The van der Waals surface area contributed by atoms with E-state index in [-0.39, 0.29) is 11.3 Å². The van der Waals surface area contributed by atoms with Crippen LogP contribution >= 0.6 is 0 Å². The number of hydrogen-bond donors (Lipinski definition) is 4. The fourth-order valence-electron chi connectivity index (χ4n) is 1.75. The Labute approximate surface area is 121 Å². The van der Waals surface area contributed by atoms with Gasteiger partial charge >= 0.3 is 12.0 Å². The third-order valence-electron chi connectivity index (χ3n) is 2.84. The van der Waals surface area contributed by atoms with Crippen molar-refractivity contribution in [1.82, 2.24) is 5.32 Å². The van der Waals surface area contributed by atoms with Gasteiger partial charge in [0.2, 0.25) is 0 Å². The number of nitrogens with two attached hydrogens (primary N) is 1. The summed E-state index contributed by atoms with van der Waals surface area (Å²) in [7, 11) is 0. The number of rotatable bonds is 4. The Hall–Kier alpha value is -3.02. The minimum Gasteiger partial charge on any atom is -0.478 e. The molecule has 0 radical (unpaired) electrons. The van der Waals surface area contributed by atoms with E-state index in [1.165, 1.54) is 18.2 Å². The van der Waals surface area contributed by atoms with Gasteiger partial charge in [-0.25, -0.2) is 9.59 Å². The van der Waals surface area contributed by atoms with Crippen LogP contribution in [0.5, 0.6) is 0 Å². The van der Waals surface area contributed by atoms with Crippen LogP contribution in [0.15, 0.2) is 48.5 Å². The van der Waals surface area contributed by atoms with Crippen molar-refractivity contribution in [2.45, 2.75) is 6.54 Å². The Bertz CT molecular complexity index is 656. The first-order valence-corrected chi connectivity index (χ1v) is 6.28. The van der Waals surface area contributed by atoms with E-state index in [0.29, 0.717) is 12.2 Å². The van der Waals surface area contributed by atoms with Crippen molar-refractivity contribution >= 4 is 23.4 Å². The maximum atomic E-state index is 11.8. The van der Waals surface area contributed by atoms with Gasteiger partial charge in [0.15, 0.2) is 0 Å². The number of carbonyl (C=O) groups is 2. The average Bonchev–Trinajstić information content (AvgIpc) is 2.48. The minimum atomic E-state index is -1.07. The van der Waals surface area contributed by atoms with Crippen LogP contribution < -0.4 is 16.4 Å². The van der Waals surface area contributed by atoms with Crippen LogP contribution in [0, 0.1) is 0 Å². The number of nitrogen functional groups attached to an aromatic ring is 1. The predicted molar refractivity (Wildman–Crippen MR) is 80.1 cm³/mol. The SMILES string of the molecule is Nc1cc(C(=O)O)ccc1NC(=O)NCc1ccccc1. The van der Waals surface area contributed by atoms with E-state index in [9.17, 15) is 9.59 Å². The summed E-state index contributed by atoms with van der Waals surface area (Å²) in [5.41, 5.74) is 7.32. The second kappa shape index (κ2) is 6.42. The number of hydrogen-bond acceptors (Lipinski definition) is 3. The summed E-state index contributed by atoms with van der Waals surface area (Å²) >= 11 is 0. The zero-order chi connectivity index (χ0) is 15.2. The van der Waals surface area contributed by atoms with Crippen LogP contribution in [-0.2, 0) is 6.54 Å². The zero-order valence-electron chi connectivity index (χ0n) is 11.2. The molecule has 0 aliphatic heterocycles. The molecule has 0 spiro atoms. The highest BCUT2D eigenvalue weighted by atomic mass is 16.4. The van der Waals surface area contributed by atoms with Gasteiger partial charge in [-0.3, -0.25) is 0 Å². The molecule has 0 fully saturated rings. The predicted octanol–water partition coefficient (Wildman–Crippen LogP) is 2.29. The highest BCUT2D eigenvalue weighted by molar-refractivity contribution is 5.95. The summed E-state index contributed by atoms with van der Waals surface area (Å²) in [6, 6.07) is 13.2. The van der Waals surface area contributed by atoms with Crippen molar-refractivity contribution in [3.05, 3.63) is 59.7 Å². The fourth-order valence-corrected chi connectivity index (χ4v) is 1.75. The molecule has 0 unspecified atom stereocenters. The highest BCUT2D eigenvalue weighted by Gasteiger charge is 2.08. The molecule has 0 bridgehead atoms. The highest BCUT2D eigenvalue weighted by Crippen LogP contribution is 2.19. The molecule has 0 saturated carbocycles. The van der Waals surface area contributed by atoms with E-state index >= 15 is 0 Å². The number of benzene rings is 2. The van der Waals surface area contributed by atoms with Crippen molar-refractivity contribution in [1.29, 1.82) is 0 Å². The molecule has 0 aliphatic carbocycles. The normalized spacial score (nSPS) is 9.90. The van der Waals surface area contributed by atoms with Gasteiger partial charge in [-0.15, -0.1) is 0 Å².